The van der Waals surface area contributed by atoms with Crippen LogP contribution in [0.25, 0.3) is 11.3 Å². The second-order valence-corrected chi connectivity index (χ2v) is 6.73. The van der Waals surface area contributed by atoms with Crippen molar-refractivity contribution >= 4 is 22.9 Å². The van der Waals surface area contributed by atoms with Crippen molar-refractivity contribution in [2.24, 2.45) is 12.0 Å². The third kappa shape index (κ3) is 3.31. The Balaban J connectivity index is 2.08. The highest BCUT2D eigenvalue weighted by Crippen LogP contribution is 2.25. The van der Waals surface area contributed by atoms with Crippen LogP contribution in [0.1, 0.15) is 15.2 Å². The molecule has 1 amide bonds. The van der Waals surface area contributed by atoms with Crippen LogP contribution in [0.4, 0.5) is 10.1 Å². The molecule has 0 fully saturated rings. The minimum absolute atomic E-state index is 0.0631. The number of amides is 1. The zero-order chi connectivity index (χ0) is 18.8. The number of rotatable bonds is 3. The summed E-state index contributed by atoms with van der Waals surface area (Å²) in [4.78, 5) is 28.3. The van der Waals surface area contributed by atoms with Gasteiger partial charge in [0.25, 0.3) is 11.6 Å². The number of halogens is 1. The van der Waals surface area contributed by atoms with E-state index in [0.29, 0.717) is 4.80 Å². The molecule has 0 radical (unpaired) electrons. The monoisotopic (exact) mass is 371 g/mol. The van der Waals surface area contributed by atoms with E-state index in [-0.39, 0.29) is 17.1 Å². The predicted octanol–water partition coefficient (Wildman–Crippen LogP) is 3.85. The number of nitro benzene ring substituents is 1. The molecule has 0 saturated carbocycles. The van der Waals surface area contributed by atoms with Crippen molar-refractivity contribution < 1.29 is 14.1 Å². The van der Waals surface area contributed by atoms with Gasteiger partial charge >= 0.3 is 0 Å². The smallest absolute Gasteiger partial charge is 0.286 e. The fraction of sp³-hybridized carbons (Fsp3) is 0.111. The van der Waals surface area contributed by atoms with Gasteiger partial charge in [0, 0.05) is 18.0 Å². The summed E-state index contributed by atoms with van der Waals surface area (Å²) in [6, 6.07) is 11.7. The van der Waals surface area contributed by atoms with Crippen LogP contribution in [0.15, 0.2) is 53.5 Å². The molecular formula is C18H14FN3O3S. The predicted molar refractivity (Wildman–Crippen MR) is 96.4 cm³/mol. The molecule has 6 nitrogen and oxygen atoms in total. The zero-order valence-electron chi connectivity index (χ0n) is 14.0. The van der Waals surface area contributed by atoms with E-state index in [2.05, 4.69) is 4.99 Å². The lowest BCUT2D eigenvalue weighted by Gasteiger charge is -2.04. The van der Waals surface area contributed by atoms with Gasteiger partial charge in [-0.25, -0.2) is 4.39 Å². The first kappa shape index (κ1) is 17.7. The van der Waals surface area contributed by atoms with Gasteiger partial charge in [0.1, 0.15) is 11.4 Å². The van der Waals surface area contributed by atoms with Crippen molar-refractivity contribution in [2.45, 2.75) is 6.92 Å². The third-order valence-corrected chi connectivity index (χ3v) is 4.89. The highest BCUT2D eigenvalue weighted by molar-refractivity contribution is 7.09. The van der Waals surface area contributed by atoms with Crippen LogP contribution in [0.5, 0.6) is 0 Å². The number of carbonyl (C=O) groups is 1. The van der Waals surface area contributed by atoms with Crippen LogP contribution in [0.2, 0.25) is 0 Å². The summed E-state index contributed by atoms with van der Waals surface area (Å²) in [6.07, 6.45) is 0. The maximum Gasteiger partial charge on any atom is 0.286 e. The molecular weight excluding hydrogens is 357 g/mol. The molecule has 26 heavy (non-hydrogen) atoms. The molecule has 0 aliphatic carbocycles. The Morgan fingerprint density at radius 2 is 1.85 bits per heavy atom. The Bertz CT molecular complexity index is 1070. The standard InChI is InChI=1S/C18H14FN3O3S/c1-11-16(12-7-9-13(19)10-8-12)21(2)18(26-11)20-17(23)14-5-3-4-6-15(14)22(24)25/h3-10H,1-2H3. The van der Waals surface area contributed by atoms with Crippen LogP contribution in [0, 0.1) is 22.9 Å². The molecule has 0 bridgehead atoms. The molecule has 1 heterocycles. The summed E-state index contributed by atoms with van der Waals surface area (Å²) in [5.41, 5.74) is 1.26. The number of benzene rings is 2. The van der Waals surface area contributed by atoms with Gasteiger partial charge < -0.3 is 4.57 Å². The maximum atomic E-state index is 13.1. The van der Waals surface area contributed by atoms with E-state index in [0.717, 1.165) is 16.1 Å². The normalized spacial score (nSPS) is 11.6. The Hall–Kier alpha value is -3.13. The number of nitrogens with zero attached hydrogens (tertiary/aromatic N) is 3. The van der Waals surface area contributed by atoms with Crippen molar-refractivity contribution in [2.75, 3.05) is 0 Å². The summed E-state index contributed by atoms with van der Waals surface area (Å²) in [5.74, 6) is -1.01. The topological polar surface area (TPSA) is 77.5 Å². The van der Waals surface area contributed by atoms with Crippen molar-refractivity contribution in [1.82, 2.24) is 4.57 Å². The molecule has 3 rings (SSSR count). The summed E-state index contributed by atoms with van der Waals surface area (Å²) in [5, 5.41) is 11.1. The van der Waals surface area contributed by atoms with Crippen molar-refractivity contribution in [3.8, 4) is 11.3 Å². The third-order valence-electron chi connectivity index (χ3n) is 3.85. The number of carbonyl (C=O) groups excluding carboxylic acids is 1. The van der Waals surface area contributed by atoms with E-state index in [1.54, 1.807) is 29.8 Å². The molecule has 0 spiro atoms. The van der Waals surface area contributed by atoms with Gasteiger partial charge in [-0.1, -0.05) is 12.1 Å². The Morgan fingerprint density at radius 1 is 1.19 bits per heavy atom. The van der Waals surface area contributed by atoms with E-state index < -0.39 is 10.8 Å². The molecule has 0 saturated heterocycles. The summed E-state index contributed by atoms with van der Waals surface area (Å²) in [6.45, 7) is 1.87. The lowest BCUT2D eigenvalue weighted by molar-refractivity contribution is -0.385. The SMILES string of the molecule is Cc1sc(=NC(=O)c2ccccc2[N+](=O)[O-])n(C)c1-c1ccc(F)cc1. The van der Waals surface area contributed by atoms with Gasteiger partial charge in [0.15, 0.2) is 4.80 Å². The largest absolute Gasteiger partial charge is 0.319 e. The van der Waals surface area contributed by atoms with Crippen LogP contribution >= 0.6 is 11.3 Å². The number of aromatic nitrogens is 1. The van der Waals surface area contributed by atoms with Crippen LogP contribution in [-0.4, -0.2) is 15.4 Å². The van der Waals surface area contributed by atoms with E-state index in [4.69, 9.17) is 0 Å². The number of hydrogen-bond acceptors (Lipinski definition) is 4. The first-order valence-corrected chi connectivity index (χ1v) is 8.45. The van der Waals surface area contributed by atoms with Crippen LogP contribution in [-0.2, 0) is 7.05 Å². The van der Waals surface area contributed by atoms with Gasteiger partial charge in [-0.05, 0) is 42.8 Å². The fourth-order valence-corrected chi connectivity index (χ4v) is 3.63. The molecule has 0 atom stereocenters. The molecule has 0 aliphatic rings. The highest BCUT2D eigenvalue weighted by Gasteiger charge is 2.19. The summed E-state index contributed by atoms with van der Waals surface area (Å²) in [7, 11) is 1.74. The van der Waals surface area contributed by atoms with Crippen LogP contribution < -0.4 is 4.80 Å². The second-order valence-electron chi connectivity index (χ2n) is 5.55. The van der Waals surface area contributed by atoms with Gasteiger partial charge in [-0.2, -0.15) is 4.99 Å². The highest BCUT2D eigenvalue weighted by atomic mass is 32.1. The van der Waals surface area contributed by atoms with Crippen molar-refractivity contribution in [1.29, 1.82) is 0 Å². The second kappa shape index (κ2) is 7.01. The zero-order valence-corrected chi connectivity index (χ0v) is 14.8. The van der Waals surface area contributed by atoms with E-state index >= 15 is 0 Å². The van der Waals surface area contributed by atoms with Crippen LogP contribution in [0.3, 0.4) is 0 Å². The molecule has 8 heteroatoms. The lowest BCUT2D eigenvalue weighted by Crippen LogP contribution is -2.15. The first-order chi connectivity index (χ1) is 12.4. The van der Waals surface area contributed by atoms with Crippen molar-refractivity contribution in [3.63, 3.8) is 0 Å². The first-order valence-electron chi connectivity index (χ1n) is 7.63. The lowest BCUT2D eigenvalue weighted by atomic mass is 10.1. The molecule has 1 aromatic heterocycles. The van der Waals surface area contributed by atoms with Gasteiger partial charge in [-0.15, -0.1) is 11.3 Å². The quantitative estimate of drug-likeness (QED) is 0.518. The number of nitro groups is 1. The Morgan fingerprint density at radius 3 is 2.50 bits per heavy atom. The summed E-state index contributed by atoms with van der Waals surface area (Å²) < 4.78 is 14.9. The van der Waals surface area contributed by atoms with Gasteiger partial charge in [-0.3, -0.25) is 14.9 Å². The van der Waals surface area contributed by atoms with Gasteiger partial charge in [0.2, 0.25) is 0 Å². The molecule has 0 aliphatic heterocycles. The number of thiazole rings is 1. The summed E-state index contributed by atoms with van der Waals surface area (Å²) >= 11 is 1.29. The van der Waals surface area contributed by atoms with E-state index in [1.807, 2.05) is 6.92 Å². The Kier molecular flexibility index (Phi) is 4.77. The Labute approximate surface area is 152 Å². The van der Waals surface area contributed by atoms with E-state index in [9.17, 15) is 19.3 Å². The number of hydrogen-bond donors (Lipinski definition) is 0. The molecule has 2 aromatic carbocycles. The molecule has 0 unspecified atom stereocenters. The van der Waals surface area contributed by atoms with Crippen molar-refractivity contribution in [3.05, 3.63) is 79.7 Å². The minimum atomic E-state index is -0.681. The molecule has 3 aromatic rings. The number of aryl methyl sites for hydroxylation is 1. The average molecular weight is 371 g/mol. The maximum absolute atomic E-state index is 13.1. The number of para-hydroxylation sites is 1. The fourth-order valence-electron chi connectivity index (χ4n) is 2.65. The van der Waals surface area contributed by atoms with E-state index in [1.165, 1.54) is 41.7 Å². The molecule has 0 N–H and O–H groups in total. The minimum Gasteiger partial charge on any atom is -0.319 e. The van der Waals surface area contributed by atoms with Gasteiger partial charge in [0.05, 0.1) is 10.6 Å². The molecule has 132 valence electrons. The average Bonchev–Trinajstić information content (AvgIpc) is 2.89.